The maximum Gasteiger partial charge on any atom is 0.225 e. The zero-order valence-corrected chi connectivity index (χ0v) is 14.7. The van der Waals surface area contributed by atoms with Gasteiger partial charge in [-0.05, 0) is 55.5 Å². The van der Waals surface area contributed by atoms with Crippen LogP contribution in [0, 0.1) is 5.82 Å². The molecule has 0 radical (unpaired) electrons. The van der Waals surface area contributed by atoms with Gasteiger partial charge in [0.25, 0.3) is 0 Å². The van der Waals surface area contributed by atoms with Crippen LogP contribution in [0.1, 0.15) is 43.4 Å². The van der Waals surface area contributed by atoms with Gasteiger partial charge in [-0.15, -0.1) is 0 Å². The van der Waals surface area contributed by atoms with Crippen molar-refractivity contribution in [3.05, 3.63) is 65.5 Å². The maximum atomic E-state index is 13.6. The van der Waals surface area contributed by atoms with Crippen LogP contribution in [-0.4, -0.2) is 19.0 Å². The lowest BCUT2D eigenvalue weighted by Crippen LogP contribution is -2.30. The first-order chi connectivity index (χ1) is 12.1. The molecule has 2 aromatic rings. The number of nitrogens with zero attached hydrogens (tertiary/aromatic N) is 1. The van der Waals surface area contributed by atoms with E-state index in [1.54, 1.807) is 18.2 Å². The Kier molecular flexibility index (Phi) is 5.69. The summed E-state index contributed by atoms with van der Waals surface area (Å²) in [4.78, 5) is 14.6. The fourth-order valence-electron chi connectivity index (χ4n) is 3.32. The van der Waals surface area contributed by atoms with Crippen molar-refractivity contribution < 1.29 is 9.18 Å². The number of carbonyl (C=O) groups is 1. The molecule has 132 valence electrons. The minimum atomic E-state index is -0.337. The second kappa shape index (κ2) is 8.15. The normalized spacial score (nSPS) is 15.7. The molecule has 1 atom stereocenters. The molecule has 0 aliphatic carbocycles. The Balaban J connectivity index is 1.58. The molecule has 1 heterocycles. The highest BCUT2D eigenvalue weighted by molar-refractivity contribution is 5.79. The molecule has 1 N–H and O–H groups in total. The molecule has 4 heteroatoms. The number of benzene rings is 2. The number of piperidine rings is 1. The summed E-state index contributed by atoms with van der Waals surface area (Å²) >= 11 is 0. The zero-order chi connectivity index (χ0) is 17.6. The van der Waals surface area contributed by atoms with Crippen molar-refractivity contribution in [1.82, 2.24) is 5.32 Å². The van der Waals surface area contributed by atoms with E-state index in [1.165, 1.54) is 31.0 Å². The Morgan fingerprint density at radius 3 is 2.44 bits per heavy atom. The molecular weight excluding hydrogens is 315 g/mol. The van der Waals surface area contributed by atoms with Crippen LogP contribution >= 0.6 is 0 Å². The Hall–Kier alpha value is -2.36. The smallest absolute Gasteiger partial charge is 0.225 e. The third-order valence-electron chi connectivity index (χ3n) is 4.80. The van der Waals surface area contributed by atoms with E-state index in [2.05, 4.69) is 34.5 Å². The molecule has 1 aliphatic rings. The standard InChI is InChI=1S/C21H25FN2O/c1-16(23-21(25)15-18-7-3-4-8-20(18)22)17-9-11-19(12-10-17)24-13-5-2-6-14-24/h3-4,7-12,16H,2,5-6,13-15H2,1H3,(H,23,25). The van der Waals surface area contributed by atoms with Gasteiger partial charge in [-0.25, -0.2) is 4.39 Å². The number of halogens is 1. The van der Waals surface area contributed by atoms with E-state index in [9.17, 15) is 9.18 Å². The lowest BCUT2D eigenvalue weighted by atomic mass is 10.1. The van der Waals surface area contributed by atoms with Crippen LogP contribution in [0.15, 0.2) is 48.5 Å². The molecule has 1 aliphatic heterocycles. The van der Waals surface area contributed by atoms with E-state index in [4.69, 9.17) is 0 Å². The average molecular weight is 340 g/mol. The van der Waals surface area contributed by atoms with E-state index in [0.717, 1.165) is 18.7 Å². The van der Waals surface area contributed by atoms with E-state index in [0.29, 0.717) is 5.56 Å². The lowest BCUT2D eigenvalue weighted by molar-refractivity contribution is -0.121. The van der Waals surface area contributed by atoms with E-state index < -0.39 is 0 Å². The predicted molar refractivity (Wildman–Crippen MR) is 99.2 cm³/mol. The molecule has 3 rings (SSSR count). The van der Waals surface area contributed by atoms with Gasteiger partial charge in [-0.2, -0.15) is 0 Å². The molecule has 0 saturated carbocycles. The Morgan fingerprint density at radius 2 is 1.76 bits per heavy atom. The van der Waals surface area contributed by atoms with E-state index >= 15 is 0 Å². The number of carbonyl (C=O) groups excluding carboxylic acids is 1. The van der Waals surface area contributed by atoms with Gasteiger partial charge in [0.15, 0.2) is 0 Å². The molecule has 0 spiro atoms. The average Bonchev–Trinajstić information content (AvgIpc) is 2.64. The summed E-state index contributed by atoms with van der Waals surface area (Å²) in [6.45, 7) is 4.19. The summed E-state index contributed by atoms with van der Waals surface area (Å²) in [6, 6.07) is 14.7. The molecule has 0 bridgehead atoms. The van der Waals surface area contributed by atoms with Crippen molar-refractivity contribution in [2.45, 2.75) is 38.6 Å². The van der Waals surface area contributed by atoms with Gasteiger partial charge in [0.05, 0.1) is 12.5 Å². The lowest BCUT2D eigenvalue weighted by Gasteiger charge is -2.29. The number of rotatable bonds is 5. The van der Waals surface area contributed by atoms with E-state index in [-0.39, 0.29) is 24.2 Å². The van der Waals surface area contributed by atoms with Gasteiger partial charge < -0.3 is 10.2 Å². The van der Waals surface area contributed by atoms with Gasteiger partial charge in [-0.1, -0.05) is 30.3 Å². The van der Waals surface area contributed by atoms with Gasteiger partial charge in [0.1, 0.15) is 5.82 Å². The first kappa shape index (κ1) is 17.5. The fourth-order valence-corrected chi connectivity index (χ4v) is 3.32. The number of hydrogen-bond donors (Lipinski definition) is 1. The van der Waals surface area contributed by atoms with Crippen molar-refractivity contribution in [3.8, 4) is 0 Å². The second-order valence-electron chi connectivity index (χ2n) is 6.70. The minimum absolute atomic E-state index is 0.0584. The largest absolute Gasteiger partial charge is 0.372 e. The van der Waals surface area contributed by atoms with Crippen LogP contribution < -0.4 is 10.2 Å². The molecule has 1 fully saturated rings. The van der Waals surface area contributed by atoms with Crippen LogP contribution in [0.5, 0.6) is 0 Å². The first-order valence-electron chi connectivity index (χ1n) is 9.01. The summed E-state index contributed by atoms with van der Waals surface area (Å²) < 4.78 is 13.6. The molecule has 25 heavy (non-hydrogen) atoms. The van der Waals surface area contributed by atoms with Crippen molar-refractivity contribution in [2.75, 3.05) is 18.0 Å². The van der Waals surface area contributed by atoms with Gasteiger partial charge >= 0.3 is 0 Å². The molecule has 3 nitrogen and oxygen atoms in total. The fraction of sp³-hybridized carbons (Fsp3) is 0.381. The number of anilines is 1. The summed E-state index contributed by atoms with van der Waals surface area (Å²) in [5, 5.41) is 2.95. The van der Waals surface area contributed by atoms with Crippen molar-refractivity contribution in [3.63, 3.8) is 0 Å². The molecular formula is C21H25FN2O. The van der Waals surface area contributed by atoms with Crippen LogP contribution in [0.3, 0.4) is 0 Å². The molecule has 1 amide bonds. The Bertz CT molecular complexity index is 708. The second-order valence-corrected chi connectivity index (χ2v) is 6.70. The quantitative estimate of drug-likeness (QED) is 0.883. The van der Waals surface area contributed by atoms with Crippen LogP contribution in [0.4, 0.5) is 10.1 Å². The van der Waals surface area contributed by atoms with Crippen molar-refractivity contribution in [1.29, 1.82) is 0 Å². The summed E-state index contributed by atoms with van der Waals surface area (Å²) in [5.74, 6) is -0.506. The summed E-state index contributed by atoms with van der Waals surface area (Å²) in [6.07, 6.45) is 3.89. The molecule has 2 aromatic carbocycles. The zero-order valence-electron chi connectivity index (χ0n) is 14.7. The molecule has 1 unspecified atom stereocenters. The third-order valence-corrected chi connectivity index (χ3v) is 4.80. The topological polar surface area (TPSA) is 32.3 Å². The van der Waals surface area contributed by atoms with Crippen molar-refractivity contribution >= 4 is 11.6 Å². The monoisotopic (exact) mass is 340 g/mol. The molecule has 0 aromatic heterocycles. The minimum Gasteiger partial charge on any atom is -0.372 e. The number of hydrogen-bond acceptors (Lipinski definition) is 2. The third kappa shape index (κ3) is 4.59. The highest BCUT2D eigenvalue weighted by Crippen LogP contribution is 2.22. The highest BCUT2D eigenvalue weighted by Gasteiger charge is 2.14. The molecule has 1 saturated heterocycles. The Morgan fingerprint density at radius 1 is 1.08 bits per heavy atom. The first-order valence-corrected chi connectivity index (χ1v) is 9.01. The highest BCUT2D eigenvalue weighted by atomic mass is 19.1. The van der Waals surface area contributed by atoms with Gasteiger partial charge in [-0.3, -0.25) is 4.79 Å². The summed E-state index contributed by atoms with van der Waals surface area (Å²) in [7, 11) is 0. The van der Waals surface area contributed by atoms with Crippen LogP contribution in [-0.2, 0) is 11.2 Å². The summed E-state index contributed by atoms with van der Waals surface area (Å²) in [5.41, 5.74) is 2.73. The number of amides is 1. The predicted octanol–water partition coefficient (Wildman–Crippen LogP) is 4.24. The van der Waals surface area contributed by atoms with Crippen LogP contribution in [0.2, 0.25) is 0 Å². The maximum absolute atomic E-state index is 13.6. The van der Waals surface area contributed by atoms with Crippen molar-refractivity contribution in [2.24, 2.45) is 0 Å². The van der Waals surface area contributed by atoms with E-state index in [1.807, 2.05) is 6.92 Å². The van der Waals surface area contributed by atoms with Gasteiger partial charge in [0.2, 0.25) is 5.91 Å². The van der Waals surface area contributed by atoms with Crippen LogP contribution in [0.25, 0.3) is 0 Å². The van der Waals surface area contributed by atoms with Gasteiger partial charge in [0, 0.05) is 18.8 Å². The Labute approximate surface area is 148 Å². The SMILES string of the molecule is CC(NC(=O)Cc1ccccc1F)c1ccc(N2CCCCC2)cc1. The number of nitrogens with one attached hydrogen (secondary N) is 1.